The van der Waals surface area contributed by atoms with E-state index in [0.717, 1.165) is 12.1 Å². The SMILES string of the molecule is COc1cc(C(=O)O)c(NC(=O)C(C)C)cc1O. The minimum atomic E-state index is -1.22. The van der Waals surface area contributed by atoms with Crippen LogP contribution in [0.25, 0.3) is 0 Å². The highest BCUT2D eigenvalue weighted by Gasteiger charge is 2.18. The third-order valence-electron chi connectivity index (χ3n) is 2.33. The van der Waals surface area contributed by atoms with E-state index in [1.807, 2.05) is 0 Å². The Hall–Kier alpha value is -2.24. The average Bonchev–Trinajstić information content (AvgIpc) is 2.28. The van der Waals surface area contributed by atoms with Crippen LogP contribution in [-0.4, -0.2) is 29.2 Å². The standard InChI is InChI=1S/C12H15NO5/c1-6(2)11(15)13-8-5-9(14)10(18-3)4-7(8)12(16)17/h4-6,14H,1-3H3,(H,13,15)(H,16,17). The molecule has 0 saturated carbocycles. The summed E-state index contributed by atoms with van der Waals surface area (Å²) in [4.78, 5) is 22.6. The van der Waals surface area contributed by atoms with Crippen molar-refractivity contribution in [3.8, 4) is 11.5 Å². The van der Waals surface area contributed by atoms with Crippen LogP contribution in [0.15, 0.2) is 12.1 Å². The predicted octanol–water partition coefficient (Wildman–Crippen LogP) is 1.69. The number of hydrogen-bond acceptors (Lipinski definition) is 4. The minimum Gasteiger partial charge on any atom is -0.504 e. The average molecular weight is 253 g/mol. The monoisotopic (exact) mass is 253 g/mol. The molecule has 0 unspecified atom stereocenters. The number of phenols is 1. The maximum Gasteiger partial charge on any atom is 0.337 e. The quantitative estimate of drug-likeness (QED) is 0.758. The van der Waals surface area contributed by atoms with E-state index in [1.54, 1.807) is 13.8 Å². The lowest BCUT2D eigenvalue weighted by Crippen LogP contribution is -2.19. The normalized spacial score (nSPS) is 10.2. The lowest BCUT2D eigenvalue weighted by Gasteiger charge is -2.12. The number of nitrogens with one attached hydrogen (secondary N) is 1. The number of phenolic OH excluding ortho intramolecular Hbond substituents is 1. The summed E-state index contributed by atoms with van der Waals surface area (Å²) >= 11 is 0. The molecule has 1 aromatic carbocycles. The molecule has 0 heterocycles. The van der Waals surface area contributed by atoms with Crippen molar-refractivity contribution in [1.29, 1.82) is 0 Å². The number of aromatic hydroxyl groups is 1. The van der Waals surface area contributed by atoms with Crippen LogP contribution in [0.3, 0.4) is 0 Å². The number of rotatable bonds is 4. The molecule has 98 valence electrons. The second-order valence-electron chi connectivity index (χ2n) is 4.02. The Morgan fingerprint density at radius 2 is 1.94 bits per heavy atom. The first kappa shape index (κ1) is 13.8. The van der Waals surface area contributed by atoms with E-state index in [4.69, 9.17) is 9.84 Å². The van der Waals surface area contributed by atoms with Crippen molar-refractivity contribution in [3.05, 3.63) is 17.7 Å². The fourth-order valence-corrected chi connectivity index (χ4v) is 1.29. The predicted molar refractivity (Wildman–Crippen MR) is 65.1 cm³/mol. The number of carbonyl (C=O) groups excluding carboxylic acids is 1. The first-order valence-corrected chi connectivity index (χ1v) is 5.32. The Bertz CT molecular complexity index is 482. The summed E-state index contributed by atoms with van der Waals surface area (Å²) in [6.07, 6.45) is 0. The molecule has 0 saturated heterocycles. The van der Waals surface area contributed by atoms with Gasteiger partial charge in [-0.2, -0.15) is 0 Å². The summed E-state index contributed by atoms with van der Waals surface area (Å²) < 4.78 is 4.82. The summed E-state index contributed by atoms with van der Waals surface area (Å²) in [6, 6.07) is 2.32. The molecule has 18 heavy (non-hydrogen) atoms. The molecule has 0 aliphatic rings. The fourth-order valence-electron chi connectivity index (χ4n) is 1.29. The number of methoxy groups -OCH3 is 1. The van der Waals surface area contributed by atoms with Crippen LogP contribution in [0.5, 0.6) is 11.5 Å². The largest absolute Gasteiger partial charge is 0.504 e. The molecule has 0 bridgehead atoms. The summed E-state index contributed by atoms with van der Waals surface area (Å²) in [5, 5.41) is 21.1. The molecule has 1 rings (SSSR count). The zero-order chi connectivity index (χ0) is 13.9. The van der Waals surface area contributed by atoms with Gasteiger partial charge in [0.2, 0.25) is 5.91 Å². The van der Waals surface area contributed by atoms with Crippen LogP contribution in [0.2, 0.25) is 0 Å². The van der Waals surface area contributed by atoms with Crippen molar-refractivity contribution in [3.63, 3.8) is 0 Å². The van der Waals surface area contributed by atoms with Gasteiger partial charge in [-0.3, -0.25) is 4.79 Å². The van der Waals surface area contributed by atoms with Crippen molar-refractivity contribution in [2.75, 3.05) is 12.4 Å². The molecular weight excluding hydrogens is 238 g/mol. The summed E-state index contributed by atoms with van der Waals surface area (Å²) in [7, 11) is 1.31. The zero-order valence-electron chi connectivity index (χ0n) is 10.4. The maximum atomic E-state index is 11.5. The number of benzene rings is 1. The molecule has 6 nitrogen and oxygen atoms in total. The second kappa shape index (κ2) is 5.39. The number of anilines is 1. The molecule has 0 spiro atoms. The Labute approximate surface area is 104 Å². The van der Waals surface area contributed by atoms with Crippen LogP contribution < -0.4 is 10.1 Å². The van der Waals surface area contributed by atoms with Gasteiger partial charge < -0.3 is 20.3 Å². The van der Waals surface area contributed by atoms with Crippen molar-refractivity contribution >= 4 is 17.6 Å². The van der Waals surface area contributed by atoms with Crippen LogP contribution in [-0.2, 0) is 4.79 Å². The van der Waals surface area contributed by atoms with Crippen LogP contribution in [0.1, 0.15) is 24.2 Å². The summed E-state index contributed by atoms with van der Waals surface area (Å²) in [5.41, 5.74) is -0.0989. The van der Waals surface area contributed by atoms with E-state index < -0.39 is 5.97 Å². The zero-order valence-corrected chi connectivity index (χ0v) is 10.4. The van der Waals surface area contributed by atoms with Crippen molar-refractivity contribution in [1.82, 2.24) is 0 Å². The Balaban J connectivity index is 3.21. The van der Waals surface area contributed by atoms with Gasteiger partial charge in [0.15, 0.2) is 11.5 Å². The van der Waals surface area contributed by atoms with E-state index in [9.17, 15) is 14.7 Å². The number of amides is 1. The lowest BCUT2D eigenvalue weighted by atomic mass is 10.1. The number of carboxylic acids is 1. The van der Waals surface area contributed by atoms with Gasteiger partial charge in [0.1, 0.15) is 0 Å². The van der Waals surface area contributed by atoms with Crippen molar-refractivity contribution in [2.45, 2.75) is 13.8 Å². The van der Waals surface area contributed by atoms with Crippen molar-refractivity contribution in [2.24, 2.45) is 5.92 Å². The fraction of sp³-hybridized carbons (Fsp3) is 0.333. The Kier molecular flexibility index (Phi) is 4.14. The highest BCUT2D eigenvalue weighted by Crippen LogP contribution is 2.32. The number of aromatic carboxylic acids is 1. The van der Waals surface area contributed by atoms with Gasteiger partial charge >= 0.3 is 5.97 Å². The van der Waals surface area contributed by atoms with Crippen LogP contribution in [0.4, 0.5) is 5.69 Å². The molecule has 0 atom stereocenters. The van der Waals surface area contributed by atoms with Gasteiger partial charge in [0.25, 0.3) is 0 Å². The number of carbonyl (C=O) groups is 2. The molecule has 0 fully saturated rings. The van der Waals surface area contributed by atoms with E-state index in [-0.39, 0.29) is 34.6 Å². The summed E-state index contributed by atoms with van der Waals surface area (Å²) in [6.45, 7) is 3.36. The highest BCUT2D eigenvalue weighted by atomic mass is 16.5. The Morgan fingerprint density at radius 3 is 2.39 bits per heavy atom. The van der Waals surface area contributed by atoms with Crippen LogP contribution >= 0.6 is 0 Å². The topological polar surface area (TPSA) is 95.9 Å². The van der Waals surface area contributed by atoms with Gasteiger partial charge in [-0.25, -0.2) is 4.79 Å². The first-order chi connectivity index (χ1) is 8.36. The lowest BCUT2D eigenvalue weighted by molar-refractivity contribution is -0.118. The molecule has 0 aromatic heterocycles. The van der Waals surface area contributed by atoms with E-state index >= 15 is 0 Å². The number of ether oxygens (including phenoxy) is 1. The molecular formula is C12H15NO5. The number of carboxylic acid groups (broad SMARTS) is 1. The van der Waals surface area contributed by atoms with Gasteiger partial charge in [-0.1, -0.05) is 13.8 Å². The molecule has 0 aliphatic carbocycles. The van der Waals surface area contributed by atoms with E-state index in [2.05, 4.69) is 5.32 Å². The van der Waals surface area contributed by atoms with E-state index in [0.29, 0.717) is 0 Å². The van der Waals surface area contributed by atoms with Crippen LogP contribution in [0, 0.1) is 5.92 Å². The second-order valence-corrected chi connectivity index (χ2v) is 4.02. The smallest absolute Gasteiger partial charge is 0.337 e. The third-order valence-corrected chi connectivity index (χ3v) is 2.33. The number of hydrogen-bond donors (Lipinski definition) is 3. The van der Waals surface area contributed by atoms with Gasteiger partial charge in [0, 0.05) is 18.1 Å². The highest BCUT2D eigenvalue weighted by molar-refractivity contribution is 6.01. The molecule has 1 aromatic rings. The van der Waals surface area contributed by atoms with Gasteiger partial charge in [-0.05, 0) is 0 Å². The Morgan fingerprint density at radius 1 is 1.33 bits per heavy atom. The minimum absolute atomic E-state index is 0.0370. The summed E-state index contributed by atoms with van der Waals surface area (Å²) in [5.74, 6) is -2.04. The molecule has 0 aliphatic heterocycles. The maximum absolute atomic E-state index is 11.5. The van der Waals surface area contributed by atoms with E-state index in [1.165, 1.54) is 7.11 Å². The molecule has 3 N–H and O–H groups in total. The molecule has 0 radical (unpaired) electrons. The molecule has 1 amide bonds. The van der Waals surface area contributed by atoms with Crippen molar-refractivity contribution < 1.29 is 24.5 Å². The molecule has 6 heteroatoms. The van der Waals surface area contributed by atoms with Gasteiger partial charge in [-0.15, -0.1) is 0 Å². The van der Waals surface area contributed by atoms with Gasteiger partial charge in [0.05, 0.1) is 18.4 Å². The first-order valence-electron chi connectivity index (χ1n) is 5.32. The third kappa shape index (κ3) is 2.91.